The smallest absolute Gasteiger partial charge is 0.272 e. The number of rotatable bonds is 10. The van der Waals surface area contributed by atoms with E-state index >= 15 is 0 Å². The van der Waals surface area contributed by atoms with Gasteiger partial charge in [-0.1, -0.05) is 65.1 Å². The molecule has 0 fully saturated rings. The Balaban J connectivity index is 1.48. The largest absolute Gasteiger partial charge is 0.495 e. The number of amides is 3. The Morgan fingerprint density at radius 3 is 2.26 bits per heavy atom. The Morgan fingerprint density at radius 2 is 1.55 bits per heavy atom. The van der Waals surface area contributed by atoms with Crippen LogP contribution in [0.5, 0.6) is 5.75 Å². The Morgan fingerprint density at radius 1 is 0.833 bits per heavy atom. The van der Waals surface area contributed by atoms with E-state index in [0.717, 1.165) is 4.90 Å². The van der Waals surface area contributed by atoms with Gasteiger partial charge in [-0.05, 0) is 66.7 Å². The number of hydrogen-bond acceptors (Lipinski definition) is 5. The van der Waals surface area contributed by atoms with Crippen LogP contribution in [-0.4, -0.2) is 30.6 Å². The van der Waals surface area contributed by atoms with Crippen LogP contribution in [0.4, 0.5) is 11.4 Å². The van der Waals surface area contributed by atoms with E-state index in [1.54, 1.807) is 84.9 Å². The summed E-state index contributed by atoms with van der Waals surface area (Å²) in [6, 6.07) is 25.3. The normalized spacial score (nSPS) is 11.0. The van der Waals surface area contributed by atoms with Crippen LogP contribution < -0.4 is 20.7 Å². The minimum atomic E-state index is -0.594. The molecular formula is C31H24Cl3N3O4S. The molecule has 0 saturated carbocycles. The maximum Gasteiger partial charge on any atom is 0.272 e. The molecule has 3 amide bonds. The van der Waals surface area contributed by atoms with Gasteiger partial charge in [-0.15, -0.1) is 11.8 Å². The van der Waals surface area contributed by atoms with E-state index in [9.17, 15) is 14.4 Å². The van der Waals surface area contributed by atoms with Gasteiger partial charge in [0.25, 0.3) is 11.8 Å². The van der Waals surface area contributed by atoms with Gasteiger partial charge in [0.15, 0.2) is 0 Å². The monoisotopic (exact) mass is 639 g/mol. The van der Waals surface area contributed by atoms with Crippen molar-refractivity contribution in [1.82, 2.24) is 5.32 Å². The van der Waals surface area contributed by atoms with E-state index in [0.29, 0.717) is 43.3 Å². The summed E-state index contributed by atoms with van der Waals surface area (Å²) in [5.74, 6) is -0.754. The van der Waals surface area contributed by atoms with Crippen LogP contribution in [0.25, 0.3) is 6.08 Å². The van der Waals surface area contributed by atoms with E-state index in [1.807, 2.05) is 6.07 Å². The highest BCUT2D eigenvalue weighted by Crippen LogP contribution is 2.29. The van der Waals surface area contributed by atoms with Crippen molar-refractivity contribution in [1.29, 1.82) is 0 Å². The van der Waals surface area contributed by atoms with Gasteiger partial charge in [0.2, 0.25) is 5.91 Å². The van der Waals surface area contributed by atoms with Crippen LogP contribution in [0.15, 0.2) is 102 Å². The van der Waals surface area contributed by atoms with Gasteiger partial charge in [0.05, 0.1) is 18.6 Å². The third-order valence-corrected chi connectivity index (χ3v) is 7.60. The zero-order chi connectivity index (χ0) is 30.1. The predicted molar refractivity (Wildman–Crippen MR) is 171 cm³/mol. The summed E-state index contributed by atoms with van der Waals surface area (Å²) >= 11 is 20.0. The van der Waals surface area contributed by atoms with E-state index in [-0.39, 0.29) is 17.4 Å². The van der Waals surface area contributed by atoms with E-state index in [1.165, 1.54) is 24.9 Å². The van der Waals surface area contributed by atoms with E-state index in [2.05, 4.69) is 16.0 Å². The highest BCUT2D eigenvalue weighted by molar-refractivity contribution is 8.00. The Bertz CT molecular complexity index is 1630. The second-order valence-electron chi connectivity index (χ2n) is 8.68. The molecule has 0 spiro atoms. The Hall–Kier alpha value is -3.95. The number of thioether (sulfide) groups is 1. The molecule has 0 saturated heterocycles. The number of hydrogen-bond donors (Lipinski definition) is 3. The maximum atomic E-state index is 13.4. The molecule has 0 aliphatic carbocycles. The number of ether oxygens (including phenoxy) is 1. The zero-order valence-electron chi connectivity index (χ0n) is 22.1. The first-order chi connectivity index (χ1) is 20.2. The van der Waals surface area contributed by atoms with Crippen molar-refractivity contribution in [2.75, 3.05) is 23.5 Å². The van der Waals surface area contributed by atoms with E-state index in [4.69, 9.17) is 39.5 Å². The topological polar surface area (TPSA) is 96.5 Å². The average Bonchev–Trinajstić information content (AvgIpc) is 2.98. The fourth-order valence-electron chi connectivity index (χ4n) is 3.71. The van der Waals surface area contributed by atoms with Crippen LogP contribution in [0, 0.1) is 0 Å². The molecule has 0 radical (unpaired) electrons. The number of methoxy groups -OCH3 is 1. The van der Waals surface area contributed by atoms with Crippen molar-refractivity contribution in [2.24, 2.45) is 0 Å². The molecule has 0 unspecified atom stereocenters. The number of halogens is 3. The summed E-state index contributed by atoms with van der Waals surface area (Å²) in [6.07, 6.45) is 1.42. The molecule has 0 atom stereocenters. The van der Waals surface area contributed by atoms with Crippen LogP contribution in [0.1, 0.15) is 15.9 Å². The SMILES string of the molecule is COc1ccc(Cl)cc1NC(=O)CSc1cccc(NC(=O)/C(=C\c2c(Cl)cccc2Cl)NC(=O)c2ccccc2)c1. The van der Waals surface area contributed by atoms with E-state index < -0.39 is 11.8 Å². The summed E-state index contributed by atoms with van der Waals surface area (Å²) in [5, 5.41) is 9.34. The summed E-state index contributed by atoms with van der Waals surface area (Å²) in [7, 11) is 1.50. The summed E-state index contributed by atoms with van der Waals surface area (Å²) in [6.45, 7) is 0. The molecule has 0 aliphatic heterocycles. The van der Waals surface area contributed by atoms with Gasteiger partial charge in [-0.3, -0.25) is 14.4 Å². The minimum Gasteiger partial charge on any atom is -0.495 e. The molecule has 0 bridgehead atoms. The molecular weight excluding hydrogens is 617 g/mol. The van der Waals surface area contributed by atoms with Crippen LogP contribution >= 0.6 is 46.6 Å². The predicted octanol–water partition coefficient (Wildman–Crippen LogP) is 7.80. The van der Waals surface area contributed by atoms with Gasteiger partial charge < -0.3 is 20.7 Å². The number of nitrogens with one attached hydrogen (secondary N) is 3. The average molecular weight is 641 g/mol. The lowest BCUT2D eigenvalue weighted by Crippen LogP contribution is -2.30. The summed E-state index contributed by atoms with van der Waals surface area (Å²) in [4.78, 5) is 39.6. The first kappa shape index (κ1) is 31.0. The zero-order valence-corrected chi connectivity index (χ0v) is 25.2. The second-order valence-corrected chi connectivity index (χ2v) is 11.0. The van der Waals surface area contributed by atoms with Crippen molar-refractivity contribution in [2.45, 2.75) is 4.90 Å². The molecule has 0 aliphatic rings. The molecule has 0 heterocycles. The number of carbonyl (C=O) groups is 3. The lowest BCUT2D eigenvalue weighted by atomic mass is 10.1. The summed E-state index contributed by atoms with van der Waals surface area (Å²) in [5.41, 5.74) is 1.60. The van der Waals surface area contributed by atoms with Crippen molar-refractivity contribution in [3.63, 3.8) is 0 Å². The molecule has 11 heteroatoms. The van der Waals surface area contributed by atoms with Gasteiger partial charge in [0, 0.05) is 36.8 Å². The molecule has 7 nitrogen and oxygen atoms in total. The number of carbonyl (C=O) groups excluding carboxylic acids is 3. The highest BCUT2D eigenvalue weighted by Gasteiger charge is 2.17. The van der Waals surface area contributed by atoms with Crippen molar-refractivity contribution in [3.05, 3.63) is 123 Å². The molecule has 214 valence electrons. The second kappa shape index (κ2) is 14.8. The first-order valence-electron chi connectivity index (χ1n) is 12.4. The molecule has 0 aromatic heterocycles. The molecule has 4 aromatic carbocycles. The molecule has 3 N–H and O–H groups in total. The summed E-state index contributed by atoms with van der Waals surface area (Å²) < 4.78 is 5.27. The van der Waals surface area contributed by atoms with Crippen molar-refractivity contribution >= 4 is 81.7 Å². The first-order valence-corrected chi connectivity index (χ1v) is 14.5. The number of benzene rings is 4. The Labute approximate surface area is 262 Å². The molecule has 4 rings (SSSR count). The van der Waals surface area contributed by atoms with Crippen molar-refractivity contribution in [3.8, 4) is 5.75 Å². The lowest BCUT2D eigenvalue weighted by Gasteiger charge is -2.13. The Kier molecular flexibility index (Phi) is 10.9. The van der Waals surface area contributed by atoms with Crippen LogP contribution in [0.2, 0.25) is 15.1 Å². The van der Waals surface area contributed by atoms with Crippen LogP contribution in [0.3, 0.4) is 0 Å². The lowest BCUT2D eigenvalue weighted by molar-refractivity contribution is -0.114. The van der Waals surface area contributed by atoms with Gasteiger partial charge in [-0.25, -0.2) is 0 Å². The highest BCUT2D eigenvalue weighted by atomic mass is 35.5. The molecule has 4 aromatic rings. The molecule has 42 heavy (non-hydrogen) atoms. The van der Waals surface area contributed by atoms with Gasteiger partial charge in [-0.2, -0.15) is 0 Å². The standard InChI is InChI=1S/C31H24Cl3N3O4S/c1-41-28-14-13-20(32)15-26(28)36-29(38)18-42-22-10-5-9-21(16-22)35-31(40)27(17-23-24(33)11-6-12-25(23)34)37-30(39)19-7-3-2-4-8-19/h2-17H,18H2,1H3,(H,35,40)(H,36,38)(H,37,39)/b27-17+. The fourth-order valence-corrected chi connectivity index (χ4v) is 5.14. The third kappa shape index (κ3) is 8.53. The quantitative estimate of drug-likeness (QED) is 0.121. The van der Waals surface area contributed by atoms with Crippen molar-refractivity contribution < 1.29 is 19.1 Å². The van der Waals surface area contributed by atoms with Gasteiger partial charge in [0.1, 0.15) is 11.4 Å². The fraction of sp³-hybridized carbons (Fsp3) is 0.0645. The minimum absolute atomic E-state index is 0.0632. The van der Waals surface area contributed by atoms with Gasteiger partial charge >= 0.3 is 0 Å². The maximum absolute atomic E-state index is 13.4. The van der Waals surface area contributed by atoms with Crippen LogP contribution in [-0.2, 0) is 9.59 Å². The number of anilines is 2. The third-order valence-electron chi connectivity index (χ3n) is 5.71.